The van der Waals surface area contributed by atoms with Crippen LogP contribution < -0.4 is 10.6 Å². The van der Waals surface area contributed by atoms with Gasteiger partial charge in [0.15, 0.2) is 5.96 Å². The van der Waals surface area contributed by atoms with Crippen LogP contribution in [-0.2, 0) is 14.2 Å². The van der Waals surface area contributed by atoms with Crippen LogP contribution in [0, 0.1) is 0 Å². The first-order valence-electron chi connectivity index (χ1n) is 9.16. The van der Waals surface area contributed by atoms with Crippen LogP contribution in [0.5, 0.6) is 0 Å². The van der Waals surface area contributed by atoms with E-state index in [1.165, 1.54) is 0 Å². The largest absolute Gasteiger partial charge is 0.381 e. The zero-order valence-electron chi connectivity index (χ0n) is 15.9. The third-order valence-corrected chi connectivity index (χ3v) is 4.94. The minimum atomic E-state index is -0.184. The molecule has 0 amide bonds. The molecule has 0 radical (unpaired) electrons. The number of nitrogens with zero attached hydrogens (tertiary/aromatic N) is 2. The second-order valence-corrected chi connectivity index (χ2v) is 6.57. The van der Waals surface area contributed by atoms with E-state index in [4.69, 9.17) is 19.2 Å². The number of aliphatic imine (C=N–C) groups is 1. The third-order valence-electron chi connectivity index (χ3n) is 4.94. The number of methoxy groups -OCH3 is 1. The van der Waals surface area contributed by atoms with Crippen LogP contribution in [0.25, 0.3) is 0 Å². The van der Waals surface area contributed by atoms with E-state index >= 15 is 0 Å². The van der Waals surface area contributed by atoms with Crippen molar-refractivity contribution in [3.8, 4) is 0 Å². The second-order valence-electron chi connectivity index (χ2n) is 6.57. The van der Waals surface area contributed by atoms with Gasteiger partial charge in [-0.15, -0.1) is 24.0 Å². The molecule has 2 aliphatic rings. The smallest absolute Gasteiger partial charge is 0.191 e. The molecule has 0 aromatic carbocycles. The van der Waals surface area contributed by atoms with Gasteiger partial charge >= 0.3 is 0 Å². The van der Waals surface area contributed by atoms with E-state index in [0.717, 1.165) is 71.4 Å². The Morgan fingerprint density at radius 1 is 1.16 bits per heavy atom. The van der Waals surface area contributed by atoms with Gasteiger partial charge in [0.05, 0.1) is 25.4 Å². The third kappa shape index (κ3) is 7.54. The van der Waals surface area contributed by atoms with Crippen molar-refractivity contribution in [2.75, 3.05) is 66.3 Å². The van der Waals surface area contributed by atoms with Gasteiger partial charge in [0.1, 0.15) is 0 Å². The number of ether oxygens (including phenoxy) is 3. The molecule has 25 heavy (non-hydrogen) atoms. The molecule has 0 saturated carbocycles. The van der Waals surface area contributed by atoms with E-state index in [9.17, 15) is 0 Å². The molecule has 2 heterocycles. The zero-order chi connectivity index (χ0) is 17.3. The summed E-state index contributed by atoms with van der Waals surface area (Å²) in [5.74, 6) is 0.862. The summed E-state index contributed by atoms with van der Waals surface area (Å²) in [6.45, 7) is 11.9. The SMILES string of the molecule is CCNC(=NCC1(OC)CCOCC1)NCC(C)N1CCOCC1.I. The summed E-state index contributed by atoms with van der Waals surface area (Å²) in [5, 5.41) is 6.80. The fraction of sp³-hybridized carbons (Fsp3) is 0.941. The molecule has 1 atom stereocenters. The summed E-state index contributed by atoms with van der Waals surface area (Å²) in [5.41, 5.74) is -0.184. The molecule has 2 N–H and O–H groups in total. The fourth-order valence-electron chi connectivity index (χ4n) is 3.13. The molecule has 1 unspecified atom stereocenters. The minimum Gasteiger partial charge on any atom is -0.381 e. The molecule has 8 heteroatoms. The molecule has 7 nitrogen and oxygen atoms in total. The van der Waals surface area contributed by atoms with Crippen LogP contribution in [0.2, 0.25) is 0 Å². The van der Waals surface area contributed by atoms with Crippen molar-refractivity contribution in [2.24, 2.45) is 4.99 Å². The second kappa shape index (κ2) is 12.3. The Balaban J connectivity index is 0.00000312. The van der Waals surface area contributed by atoms with Crippen LogP contribution in [0.3, 0.4) is 0 Å². The number of hydrogen-bond acceptors (Lipinski definition) is 5. The Labute approximate surface area is 169 Å². The van der Waals surface area contributed by atoms with Gasteiger partial charge in [0, 0.05) is 65.4 Å². The number of hydrogen-bond donors (Lipinski definition) is 2. The molecule has 2 aliphatic heterocycles. The highest BCUT2D eigenvalue weighted by molar-refractivity contribution is 14.0. The fourth-order valence-corrected chi connectivity index (χ4v) is 3.13. The van der Waals surface area contributed by atoms with Crippen LogP contribution in [0.4, 0.5) is 0 Å². The van der Waals surface area contributed by atoms with Crippen molar-refractivity contribution in [3.63, 3.8) is 0 Å². The van der Waals surface area contributed by atoms with Crippen LogP contribution in [-0.4, -0.2) is 88.8 Å². The van der Waals surface area contributed by atoms with E-state index in [2.05, 4.69) is 29.4 Å². The van der Waals surface area contributed by atoms with Gasteiger partial charge in [0.2, 0.25) is 0 Å². The molecule has 0 bridgehead atoms. The summed E-state index contributed by atoms with van der Waals surface area (Å²) >= 11 is 0. The lowest BCUT2D eigenvalue weighted by atomic mass is 9.94. The Bertz CT molecular complexity index is 386. The number of rotatable bonds is 7. The number of halogens is 1. The highest BCUT2D eigenvalue weighted by atomic mass is 127. The monoisotopic (exact) mass is 470 g/mol. The van der Waals surface area contributed by atoms with Crippen molar-refractivity contribution in [1.29, 1.82) is 0 Å². The number of guanidine groups is 1. The van der Waals surface area contributed by atoms with Gasteiger partial charge in [-0.3, -0.25) is 9.89 Å². The molecule has 2 rings (SSSR count). The molecule has 2 fully saturated rings. The van der Waals surface area contributed by atoms with E-state index < -0.39 is 0 Å². The van der Waals surface area contributed by atoms with Gasteiger partial charge in [-0.1, -0.05) is 0 Å². The first-order chi connectivity index (χ1) is 11.7. The van der Waals surface area contributed by atoms with E-state index in [1.54, 1.807) is 7.11 Å². The molecule has 0 aromatic heterocycles. The van der Waals surface area contributed by atoms with Crippen LogP contribution in [0.15, 0.2) is 4.99 Å². The first-order valence-corrected chi connectivity index (χ1v) is 9.16. The van der Waals surface area contributed by atoms with Crippen molar-refractivity contribution < 1.29 is 14.2 Å². The lowest BCUT2D eigenvalue weighted by molar-refractivity contribution is -0.0828. The number of nitrogens with one attached hydrogen (secondary N) is 2. The standard InChI is InChI=1S/C17H34N4O3.HI/c1-4-18-16(19-13-15(2)21-7-11-24-12-8-21)20-14-17(22-3)5-9-23-10-6-17;/h15H,4-14H2,1-3H3,(H2,18,19,20);1H. The Morgan fingerprint density at radius 2 is 1.80 bits per heavy atom. The Morgan fingerprint density at radius 3 is 2.40 bits per heavy atom. The highest BCUT2D eigenvalue weighted by Gasteiger charge is 2.32. The van der Waals surface area contributed by atoms with Crippen LogP contribution >= 0.6 is 24.0 Å². The summed E-state index contributed by atoms with van der Waals surface area (Å²) in [6.07, 6.45) is 1.80. The summed E-state index contributed by atoms with van der Waals surface area (Å²) < 4.78 is 16.6. The predicted molar refractivity (Wildman–Crippen MR) is 111 cm³/mol. The van der Waals surface area contributed by atoms with Gasteiger partial charge in [-0.2, -0.15) is 0 Å². The molecule has 2 saturated heterocycles. The summed E-state index contributed by atoms with van der Waals surface area (Å²) in [4.78, 5) is 7.22. The quantitative estimate of drug-likeness (QED) is 0.330. The molecular weight excluding hydrogens is 435 g/mol. The lowest BCUT2D eigenvalue weighted by Crippen LogP contribution is -2.50. The average molecular weight is 470 g/mol. The molecular formula is C17H35IN4O3. The first kappa shape index (κ1) is 22.9. The summed E-state index contributed by atoms with van der Waals surface area (Å²) in [7, 11) is 1.78. The van der Waals surface area contributed by atoms with Gasteiger partial charge in [-0.25, -0.2) is 0 Å². The lowest BCUT2D eigenvalue weighted by Gasteiger charge is -2.35. The normalized spacial score (nSPS) is 22.8. The molecule has 0 aromatic rings. The van der Waals surface area contributed by atoms with Crippen molar-refractivity contribution in [1.82, 2.24) is 15.5 Å². The van der Waals surface area contributed by atoms with E-state index in [-0.39, 0.29) is 29.6 Å². The molecule has 0 spiro atoms. The molecule has 148 valence electrons. The van der Waals surface area contributed by atoms with Gasteiger partial charge < -0.3 is 24.8 Å². The molecule has 0 aliphatic carbocycles. The van der Waals surface area contributed by atoms with Crippen molar-refractivity contribution >= 4 is 29.9 Å². The average Bonchev–Trinajstić information content (AvgIpc) is 2.65. The zero-order valence-corrected chi connectivity index (χ0v) is 18.2. The predicted octanol–water partition coefficient (Wildman–Crippen LogP) is 1.08. The van der Waals surface area contributed by atoms with Crippen LogP contribution in [0.1, 0.15) is 26.7 Å². The Hall–Kier alpha value is -0.160. The van der Waals surface area contributed by atoms with Crippen molar-refractivity contribution in [3.05, 3.63) is 0 Å². The van der Waals surface area contributed by atoms with Gasteiger partial charge in [0.25, 0.3) is 0 Å². The van der Waals surface area contributed by atoms with Crippen molar-refractivity contribution in [2.45, 2.75) is 38.3 Å². The topological polar surface area (TPSA) is 67.4 Å². The Kier molecular flexibility index (Phi) is 11.2. The van der Waals surface area contributed by atoms with E-state index in [1.807, 2.05) is 0 Å². The van der Waals surface area contributed by atoms with E-state index in [0.29, 0.717) is 12.6 Å². The minimum absolute atomic E-state index is 0. The maximum atomic E-state index is 5.76. The highest BCUT2D eigenvalue weighted by Crippen LogP contribution is 2.24. The summed E-state index contributed by atoms with van der Waals surface area (Å²) in [6, 6.07) is 0.456. The number of morpholine rings is 1. The maximum absolute atomic E-state index is 5.76. The maximum Gasteiger partial charge on any atom is 0.191 e. The van der Waals surface area contributed by atoms with Gasteiger partial charge in [-0.05, 0) is 13.8 Å².